The summed E-state index contributed by atoms with van der Waals surface area (Å²) in [4.78, 5) is 2.97. The van der Waals surface area contributed by atoms with Crippen LogP contribution in [0.1, 0.15) is 18.8 Å². The van der Waals surface area contributed by atoms with Crippen LogP contribution in [0.3, 0.4) is 0 Å². The van der Waals surface area contributed by atoms with Crippen molar-refractivity contribution in [3.8, 4) is 0 Å². The molecule has 118 valence electrons. The summed E-state index contributed by atoms with van der Waals surface area (Å²) in [7, 11) is 0. The van der Waals surface area contributed by atoms with E-state index in [4.69, 9.17) is 19.7 Å². The van der Waals surface area contributed by atoms with Crippen molar-refractivity contribution in [3.63, 3.8) is 0 Å². The zero-order chi connectivity index (χ0) is 15.5. The Hall–Kier alpha value is -1.24. The fraction of sp³-hybridized carbons (Fsp3) is 0.600. The second-order valence-electron chi connectivity index (χ2n) is 5.51. The van der Waals surface area contributed by atoms with Crippen molar-refractivity contribution in [2.45, 2.75) is 36.9 Å². The van der Waals surface area contributed by atoms with Gasteiger partial charge in [0.15, 0.2) is 6.29 Å². The van der Waals surface area contributed by atoms with Crippen LogP contribution in [-0.4, -0.2) is 36.5 Å². The van der Waals surface area contributed by atoms with Gasteiger partial charge in [-0.25, -0.2) is 0 Å². The van der Waals surface area contributed by atoms with Crippen LogP contribution in [0, 0.1) is 5.92 Å². The van der Waals surface area contributed by atoms with Crippen LogP contribution in [-0.2, 0) is 14.2 Å². The van der Waals surface area contributed by atoms with Crippen LogP contribution >= 0.6 is 11.8 Å². The molecule has 2 aliphatic heterocycles. The van der Waals surface area contributed by atoms with Crippen LogP contribution in [0.2, 0.25) is 0 Å². The lowest BCUT2D eigenvalue weighted by Gasteiger charge is -2.47. The molecule has 2 aliphatic rings. The summed E-state index contributed by atoms with van der Waals surface area (Å²) in [5.41, 5.74) is 9.63. The van der Waals surface area contributed by atoms with Gasteiger partial charge in [-0.1, -0.05) is 42.4 Å². The molecule has 2 saturated heterocycles. The van der Waals surface area contributed by atoms with Crippen LogP contribution in [0.5, 0.6) is 0 Å². The number of rotatable bonds is 3. The highest BCUT2D eigenvalue weighted by Crippen LogP contribution is 2.40. The SMILES string of the molecule is CSC1OC2COC(c3ccccc3)OC2C(C)C1N=[N+]=[N-]. The highest BCUT2D eigenvalue weighted by Gasteiger charge is 2.47. The number of thioether (sulfide) groups is 1. The summed E-state index contributed by atoms with van der Waals surface area (Å²) in [6.07, 6.45) is 1.29. The third-order valence-electron chi connectivity index (χ3n) is 4.19. The van der Waals surface area contributed by atoms with Gasteiger partial charge in [-0.15, -0.1) is 11.8 Å². The molecule has 0 radical (unpaired) electrons. The van der Waals surface area contributed by atoms with Gasteiger partial charge in [0, 0.05) is 10.5 Å². The molecule has 3 rings (SSSR count). The Kier molecular flexibility index (Phi) is 4.90. The Morgan fingerprint density at radius 1 is 1.27 bits per heavy atom. The van der Waals surface area contributed by atoms with Gasteiger partial charge in [0.2, 0.25) is 0 Å². The van der Waals surface area contributed by atoms with E-state index in [1.54, 1.807) is 11.8 Å². The second-order valence-corrected chi connectivity index (χ2v) is 6.45. The summed E-state index contributed by atoms with van der Waals surface area (Å²) in [5.74, 6) is 0.0715. The molecule has 2 heterocycles. The quantitative estimate of drug-likeness (QED) is 0.485. The average Bonchev–Trinajstić information content (AvgIpc) is 2.58. The van der Waals surface area contributed by atoms with E-state index >= 15 is 0 Å². The van der Waals surface area contributed by atoms with Crippen molar-refractivity contribution in [1.82, 2.24) is 0 Å². The number of nitrogens with zero attached hydrogens (tertiary/aromatic N) is 3. The molecule has 0 aliphatic carbocycles. The zero-order valence-electron chi connectivity index (χ0n) is 12.5. The Balaban J connectivity index is 1.79. The van der Waals surface area contributed by atoms with E-state index in [0.717, 1.165) is 5.56 Å². The van der Waals surface area contributed by atoms with E-state index in [2.05, 4.69) is 16.9 Å². The number of azide groups is 1. The van der Waals surface area contributed by atoms with Gasteiger partial charge < -0.3 is 14.2 Å². The lowest BCUT2D eigenvalue weighted by Crippen LogP contribution is -2.56. The number of benzene rings is 1. The van der Waals surface area contributed by atoms with Crippen molar-refractivity contribution < 1.29 is 14.2 Å². The van der Waals surface area contributed by atoms with Crippen LogP contribution in [0.25, 0.3) is 10.4 Å². The summed E-state index contributed by atoms with van der Waals surface area (Å²) in [6, 6.07) is 9.60. The molecule has 1 aromatic rings. The molecular formula is C15H19N3O3S. The minimum atomic E-state index is -0.397. The third-order valence-corrected chi connectivity index (χ3v) is 5.05. The summed E-state index contributed by atoms with van der Waals surface area (Å²) in [6.45, 7) is 2.53. The van der Waals surface area contributed by atoms with Gasteiger partial charge >= 0.3 is 0 Å². The molecule has 6 atom stereocenters. The topological polar surface area (TPSA) is 76.5 Å². The fourth-order valence-electron chi connectivity index (χ4n) is 3.02. The van der Waals surface area contributed by atoms with Gasteiger partial charge in [-0.3, -0.25) is 0 Å². The van der Waals surface area contributed by atoms with Gasteiger partial charge in [0.1, 0.15) is 11.5 Å². The van der Waals surface area contributed by atoms with E-state index < -0.39 is 6.29 Å². The normalized spacial score (nSPS) is 37.9. The predicted octanol–water partition coefficient (Wildman–Crippen LogP) is 3.50. The highest BCUT2D eigenvalue weighted by molar-refractivity contribution is 7.99. The van der Waals surface area contributed by atoms with E-state index in [1.807, 2.05) is 36.6 Å². The maximum atomic E-state index is 8.80. The first-order chi connectivity index (χ1) is 10.7. The largest absolute Gasteiger partial charge is 0.359 e. The Bertz CT molecular complexity index is 552. The van der Waals surface area contributed by atoms with E-state index in [9.17, 15) is 0 Å². The molecule has 22 heavy (non-hydrogen) atoms. The van der Waals surface area contributed by atoms with Crippen molar-refractivity contribution >= 4 is 11.8 Å². The van der Waals surface area contributed by atoms with Crippen molar-refractivity contribution in [3.05, 3.63) is 46.3 Å². The standard InChI is InChI=1S/C15H19N3O3S/c1-9-12(17-18-16)15(22-2)20-11-8-19-14(21-13(9)11)10-6-4-3-5-7-10/h3-7,9,11-15H,8H2,1-2H3. The van der Waals surface area contributed by atoms with Crippen molar-refractivity contribution in [2.24, 2.45) is 11.0 Å². The third kappa shape index (κ3) is 2.95. The maximum Gasteiger partial charge on any atom is 0.184 e. The van der Waals surface area contributed by atoms with E-state index in [-0.39, 0.29) is 29.6 Å². The minimum Gasteiger partial charge on any atom is -0.359 e. The minimum absolute atomic E-state index is 0.0715. The first kappa shape index (κ1) is 15.6. The monoisotopic (exact) mass is 321 g/mol. The summed E-state index contributed by atoms with van der Waals surface area (Å²) < 4.78 is 17.9. The van der Waals surface area contributed by atoms with Crippen molar-refractivity contribution in [2.75, 3.05) is 12.9 Å². The van der Waals surface area contributed by atoms with E-state index in [0.29, 0.717) is 6.61 Å². The zero-order valence-corrected chi connectivity index (χ0v) is 13.3. The molecule has 0 saturated carbocycles. The highest BCUT2D eigenvalue weighted by atomic mass is 32.2. The van der Waals surface area contributed by atoms with Gasteiger partial charge in [0.25, 0.3) is 0 Å². The van der Waals surface area contributed by atoms with Crippen molar-refractivity contribution in [1.29, 1.82) is 0 Å². The number of hydrogen-bond donors (Lipinski definition) is 0. The number of ether oxygens (including phenoxy) is 3. The van der Waals surface area contributed by atoms with Gasteiger partial charge in [0.05, 0.1) is 18.8 Å². The molecule has 7 heteroatoms. The maximum absolute atomic E-state index is 8.80. The molecule has 1 aromatic carbocycles. The molecule has 0 N–H and O–H groups in total. The van der Waals surface area contributed by atoms with Gasteiger partial charge in [-0.2, -0.15) is 0 Å². The van der Waals surface area contributed by atoms with Crippen LogP contribution in [0.4, 0.5) is 0 Å². The van der Waals surface area contributed by atoms with Crippen LogP contribution < -0.4 is 0 Å². The Morgan fingerprint density at radius 2 is 2.05 bits per heavy atom. The summed E-state index contributed by atoms with van der Waals surface area (Å²) in [5, 5.41) is 3.92. The molecule has 0 spiro atoms. The molecule has 6 unspecified atom stereocenters. The Morgan fingerprint density at radius 3 is 2.73 bits per heavy atom. The number of fused-ring (bicyclic) bond motifs is 1. The number of hydrogen-bond acceptors (Lipinski definition) is 5. The molecule has 2 fully saturated rings. The lowest BCUT2D eigenvalue weighted by molar-refractivity contribution is -0.295. The average molecular weight is 321 g/mol. The van der Waals surface area contributed by atoms with Gasteiger partial charge in [-0.05, 0) is 17.7 Å². The predicted molar refractivity (Wildman–Crippen MR) is 84.3 cm³/mol. The molecule has 6 nitrogen and oxygen atoms in total. The van der Waals surface area contributed by atoms with Crippen LogP contribution in [0.15, 0.2) is 35.4 Å². The Labute approximate surface area is 133 Å². The molecule has 0 bridgehead atoms. The van der Waals surface area contributed by atoms with E-state index in [1.165, 1.54) is 0 Å². The lowest BCUT2D eigenvalue weighted by atomic mass is 9.89. The fourth-order valence-corrected chi connectivity index (χ4v) is 3.86. The molecule has 0 aromatic heterocycles. The summed E-state index contributed by atoms with van der Waals surface area (Å²) >= 11 is 1.55. The second kappa shape index (κ2) is 6.89. The first-order valence-electron chi connectivity index (χ1n) is 7.29. The molecule has 0 amide bonds. The smallest absolute Gasteiger partial charge is 0.184 e. The molecular weight excluding hydrogens is 302 g/mol. The first-order valence-corrected chi connectivity index (χ1v) is 8.58.